The zero-order valence-electron chi connectivity index (χ0n) is 11.7. The largest absolute Gasteiger partial charge is 0.462 e. The predicted molar refractivity (Wildman–Crippen MR) is 71.4 cm³/mol. The molecule has 2 saturated heterocycles. The molecule has 0 spiro atoms. The average Bonchev–Trinajstić information content (AvgIpc) is 2.82. The Balaban J connectivity index is 1.68. The fraction of sp³-hybridized carbons (Fsp3) is 0.929. The highest BCUT2D eigenvalue weighted by Crippen LogP contribution is 2.25. The number of rotatable bonds is 4. The van der Waals surface area contributed by atoms with Crippen LogP contribution in [-0.2, 0) is 9.53 Å². The van der Waals surface area contributed by atoms with Crippen LogP contribution in [0.4, 0.5) is 0 Å². The lowest BCUT2D eigenvalue weighted by atomic mass is 9.88. The van der Waals surface area contributed by atoms with Gasteiger partial charge in [0, 0.05) is 6.04 Å². The van der Waals surface area contributed by atoms with Crippen LogP contribution in [0, 0.1) is 5.92 Å². The van der Waals surface area contributed by atoms with Crippen LogP contribution in [0.5, 0.6) is 0 Å². The van der Waals surface area contributed by atoms with E-state index in [9.17, 15) is 4.79 Å². The molecule has 1 N–H and O–H groups in total. The lowest BCUT2D eigenvalue weighted by molar-refractivity contribution is -0.149. The highest BCUT2D eigenvalue weighted by Gasteiger charge is 2.28. The lowest BCUT2D eigenvalue weighted by Crippen LogP contribution is -2.43. The molecule has 2 fully saturated rings. The van der Waals surface area contributed by atoms with Crippen molar-refractivity contribution in [2.75, 3.05) is 26.2 Å². The van der Waals surface area contributed by atoms with Crippen LogP contribution < -0.4 is 5.32 Å². The maximum Gasteiger partial charge on any atom is 0.320 e. The molecule has 0 aromatic rings. The van der Waals surface area contributed by atoms with Crippen LogP contribution in [0.15, 0.2) is 0 Å². The fourth-order valence-corrected chi connectivity index (χ4v) is 3.11. The smallest absolute Gasteiger partial charge is 0.320 e. The van der Waals surface area contributed by atoms with Gasteiger partial charge in [0.15, 0.2) is 0 Å². The number of hydrogen-bond donors (Lipinski definition) is 1. The van der Waals surface area contributed by atoms with E-state index in [0.717, 1.165) is 25.0 Å². The van der Waals surface area contributed by atoms with E-state index in [1.807, 2.05) is 13.8 Å². The maximum atomic E-state index is 11.6. The van der Waals surface area contributed by atoms with Gasteiger partial charge in [-0.1, -0.05) is 0 Å². The van der Waals surface area contributed by atoms with E-state index in [1.165, 1.54) is 32.2 Å². The molecule has 0 bridgehead atoms. The monoisotopic (exact) mass is 254 g/mol. The summed E-state index contributed by atoms with van der Waals surface area (Å²) in [5, 5.41) is 3.60. The summed E-state index contributed by atoms with van der Waals surface area (Å²) in [6.45, 7) is 7.52. The second-order valence-electron chi connectivity index (χ2n) is 5.86. The van der Waals surface area contributed by atoms with Crippen molar-refractivity contribution in [1.29, 1.82) is 0 Å². The summed E-state index contributed by atoms with van der Waals surface area (Å²) in [6, 6.07) is 0.731. The zero-order valence-corrected chi connectivity index (χ0v) is 11.7. The fourth-order valence-electron chi connectivity index (χ4n) is 3.11. The van der Waals surface area contributed by atoms with Crippen molar-refractivity contribution in [2.24, 2.45) is 5.92 Å². The molecule has 0 aliphatic carbocycles. The molecule has 0 radical (unpaired) electrons. The first-order chi connectivity index (χ1) is 8.65. The number of hydrogen-bond acceptors (Lipinski definition) is 4. The lowest BCUT2D eigenvalue weighted by Gasteiger charge is -2.34. The Labute approximate surface area is 110 Å². The van der Waals surface area contributed by atoms with Gasteiger partial charge in [0.1, 0.15) is 0 Å². The van der Waals surface area contributed by atoms with Crippen molar-refractivity contribution < 1.29 is 9.53 Å². The molecule has 0 aromatic heterocycles. The summed E-state index contributed by atoms with van der Waals surface area (Å²) in [7, 11) is 0. The van der Waals surface area contributed by atoms with Crippen LogP contribution >= 0.6 is 0 Å². The van der Waals surface area contributed by atoms with E-state index in [1.54, 1.807) is 0 Å². The number of carbonyl (C=O) groups excluding carboxylic acids is 1. The number of carbonyl (C=O) groups is 1. The van der Waals surface area contributed by atoms with Gasteiger partial charge < -0.3 is 10.1 Å². The molecule has 0 amide bonds. The molecule has 0 saturated carbocycles. The first-order valence-electron chi connectivity index (χ1n) is 7.30. The van der Waals surface area contributed by atoms with E-state index in [0.29, 0.717) is 6.54 Å². The van der Waals surface area contributed by atoms with Crippen molar-refractivity contribution in [3.8, 4) is 0 Å². The molecule has 4 heteroatoms. The van der Waals surface area contributed by atoms with Crippen LogP contribution in [0.2, 0.25) is 0 Å². The zero-order chi connectivity index (χ0) is 13.0. The molecular formula is C14H26N2O2. The van der Waals surface area contributed by atoms with Crippen LogP contribution in [-0.4, -0.2) is 49.2 Å². The second kappa shape index (κ2) is 6.53. The normalized spacial score (nSPS) is 26.7. The molecule has 2 heterocycles. The summed E-state index contributed by atoms with van der Waals surface area (Å²) in [4.78, 5) is 13.8. The van der Waals surface area contributed by atoms with E-state index >= 15 is 0 Å². The van der Waals surface area contributed by atoms with Crippen molar-refractivity contribution in [3.63, 3.8) is 0 Å². The molecular weight excluding hydrogens is 228 g/mol. The Morgan fingerprint density at radius 2 is 2.06 bits per heavy atom. The molecule has 2 rings (SSSR count). The second-order valence-corrected chi connectivity index (χ2v) is 5.86. The first-order valence-corrected chi connectivity index (χ1v) is 7.30. The Hall–Kier alpha value is -0.610. The maximum absolute atomic E-state index is 11.6. The molecule has 2 aliphatic heterocycles. The van der Waals surface area contributed by atoms with Crippen LogP contribution in [0.3, 0.4) is 0 Å². The van der Waals surface area contributed by atoms with Gasteiger partial charge in [-0.05, 0) is 65.1 Å². The van der Waals surface area contributed by atoms with Gasteiger partial charge in [-0.2, -0.15) is 0 Å². The van der Waals surface area contributed by atoms with E-state index in [2.05, 4.69) is 10.2 Å². The summed E-state index contributed by atoms with van der Waals surface area (Å²) >= 11 is 0. The minimum absolute atomic E-state index is 0.00210. The third-order valence-electron chi connectivity index (χ3n) is 4.02. The van der Waals surface area contributed by atoms with Gasteiger partial charge >= 0.3 is 5.97 Å². The molecule has 104 valence electrons. The van der Waals surface area contributed by atoms with E-state index in [-0.39, 0.29) is 12.1 Å². The van der Waals surface area contributed by atoms with Gasteiger partial charge in [-0.25, -0.2) is 0 Å². The number of nitrogens with zero attached hydrogens (tertiary/aromatic N) is 1. The minimum atomic E-state index is -0.0811. The minimum Gasteiger partial charge on any atom is -0.462 e. The summed E-state index contributed by atoms with van der Waals surface area (Å²) < 4.78 is 5.19. The van der Waals surface area contributed by atoms with Crippen molar-refractivity contribution >= 4 is 5.97 Å². The quantitative estimate of drug-likeness (QED) is 0.770. The predicted octanol–water partition coefficient (Wildman–Crippen LogP) is 1.40. The van der Waals surface area contributed by atoms with E-state index in [4.69, 9.17) is 4.74 Å². The van der Waals surface area contributed by atoms with Gasteiger partial charge in [-0.3, -0.25) is 9.69 Å². The standard InChI is InChI=1S/C14H26N2O2/c1-11(2)18-14(17)10-16-8-5-12(6-9-16)13-4-3-7-15-13/h11-13,15H,3-10H2,1-2H3. The number of likely N-dealkylation sites (tertiary alicyclic amines) is 1. The van der Waals surface area contributed by atoms with Gasteiger partial charge in [-0.15, -0.1) is 0 Å². The van der Waals surface area contributed by atoms with Gasteiger partial charge in [0.05, 0.1) is 12.6 Å². The Bertz CT molecular complexity index is 267. The molecule has 2 aliphatic rings. The topological polar surface area (TPSA) is 41.6 Å². The summed E-state index contributed by atoms with van der Waals surface area (Å²) in [5.41, 5.74) is 0. The summed E-state index contributed by atoms with van der Waals surface area (Å²) in [6.07, 6.45) is 5.09. The highest BCUT2D eigenvalue weighted by atomic mass is 16.5. The number of ether oxygens (including phenoxy) is 1. The third kappa shape index (κ3) is 3.95. The molecule has 1 atom stereocenters. The molecule has 4 nitrogen and oxygen atoms in total. The Kier molecular flexibility index (Phi) is 5.01. The molecule has 0 aromatic carbocycles. The van der Waals surface area contributed by atoms with Crippen LogP contribution in [0.25, 0.3) is 0 Å². The highest BCUT2D eigenvalue weighted by molar-refractivity contribution is 5.71. The van der Waals surface area contributed by atoms with E-state index < -0.39 is 0 Å². The number of nitrogens with one attached hydrogen (secondary N) is 1. The van der Waals surface area contributed by atoms with Crippen LogP contribution in [0.1, 0.15) is 39.5 Å². The van der Waals surface area contributed by atoms with Crippen molar-refractivity contribution in [1.82, 2.24) is 10.2 Å². The number of piperidine rings is 1. The van der Waals surface area contributed by atoms with Crippen molar-refractivity contribution in [2.45, 2.75) is 51.7 Å². The molecule has 18 heavy (non-hydrogen) atoms. The Morgan fingerprint density at radius 1 is 1.33 bits per heavy atom. The average molecular weight is 254 g/mol. The Morgan fingerprint density at radius 3 is 2.61 bits per heavy atom. The molecule has 1 unspecified atom stereocenters. The SMILES string of the molecule is CC(C)OC(=O)CN1CCC(C2CCCN2)CC1. The summed E-state index contributed by atoms with van der Waals surface area (Å²) in [5.74, 6) is 0.729. The van der Waals surface area contributed by atoms with Crippen molar-refractivity contribution in [3.05, 3.63) is 0 Å². The third-order valence-corrected chi connectivity index (χ3v) is 4.02. The first kappa shape index (κ1) is 13.8. The van der Waals surface area contributed by atoms with Gasteiger partial charge in [0.2, 0.25) is 0 Å². The van der Waals surface area contributed by atoms with Gasteiger partial charge in [0.25, 0.3) is 0 Å². The number of esters is 1.